The molecule has 2 aromatic carbocycles. The van der Waals surface area contributed by atoms with Gasteiger partial charge >= 0.3 is 5.97 Å². The number of rotatable bonds is 8. The van der Waals surface area contributed by atoms with Crippen LogP contribution in [0.5, 0.6) is 11.5 Å². The molecular weight excluding hydrogens is 580 g/mol. The molecule has 40 heavy (non-hydrogen) atoms. The average molecular weight is 618 g/mol. The lowest BCUT2D eigenvalue weighted by Crippen LogP contribution is -2.40. The maximum Gasteiger partial charge on any atom is 0.307 e. The third kappa shape index (κ3) is 6.09. The lowest BCUT2D eigenvalue weighted by Gasteiger charge is -2.37. The first-order valence-corrected chi connectivity index (χ1v) is 13.0. The van der Waals surface area contributed by atoms with E-state index < -0.39 is 12.1 Å². The summed E-state index contributed by atoms with van der Waals surface area (Å²) < 4.78 is 11.8. The van der Waals surface area contributed by atoms with Crippen LogP contribution in [0.3, 0.4) is 0 Å². The summed E-state index contributed by atoms with van der Waals surface area (Å²) in [6.07, 6.45) is -0.606. The van der Waals surface area contributed by atoms with Gasteiger partial charge in [-0.25, -0.2) is 0 Å². The number of likely N-dealkylation sites (N-methyl/N-ethyl adjacent to an activating group) is 1. The number of amides is 1. The van der Waals surface area contributed by atoms with E-state index in [2.05, 4.69) is 5.32 Å². The fraction of sp³-hybridized carbons (Fsp3) is 0.448. The minimum absolute atomic E-state index is 0. The minimum atomic E-state index is -0.925. The van der Waals surface area contributed by atoms with Crippen LogP contribution in [0, 0.1) is 5.41 Å². The van der Waals surface area contributed by atoms with Crippen LogP contribution in [0.15, 0.2) is 24.3 Å². The summed E-state index contributed by atoms with van der Waals surface area (Å²) in [5, 5.41) is 20.6. The number of benzene rings is 2. The highest BCUT2D eigenvalue weighted by Gasteiger charge is 2.34. The second-order valence-electron chi connectivity index (χ2n) is 11.0. The smallest absolute Gasteiger partial charge is 0.307 e. The predicted octanol–water partition coefficient (Wildman–Crippen LogP) is 4.02. The number of ketones is 1. The van der Waals surface area contributed by atoms with E-state index in [1.54, 1.807) is 30.1 Å². The van der Waals surface area contributed by atoms with E-state index in [-0.39, 0.29) is 52.9 Å². The zero-order valence-electron chi connectivity index (χ0n) is 23.7. The fourth-order valence-corrected chi connectivity index (χ4v) is 5.06. The molecule has 0 saturated carbocycles. The Morgan fingerprint density at radius 3 is 2.50 bits per heavy atom. The van der Waals surface area contributed by atoms with Gasteiger partial charge in [0, 0.05) is 37.3 Å². The van der Waals surface area contributed by atoms with E-state index in [1.165, 1.54) is 0 Å². The van der Waals surface area contributed by atoms with Gasteiger partial charge in [-0.2, -0.15) is 0 Å². The third-order valence-electron chi connectivity index (χ3n) is 7.02. The number of nitrogens with zero attached hydrogens (tertiary/aromatic N) is 2. The molecule has 2 aliphatic heterocycles. The van der Waals surface area contributed by atoms with E-state index in [1.807, 2.05) is 45.7 Å². The fourth-order valence-electron chi connectivity index (χ4n) is 5.06. The first kappa shape index (κ1) is 30.9. The van der Waals surface area contributed by atoms with Gasteiger partial charge < -0.3 is 29.7 Å². The third-order valence-corrected chi connectivity index (χ3v) is 7.02. The Hall–Kier alpha value is -3.60. The van der Waals surface area contributed by atoms with Crippen molar-refractivity contribution in [2.45, 2.75) is 52.2 Å². The number of carbonyl (C=O) groups is 3. The number of nitrogens with one attached hydrogen (secondary N) is 2. The van der Waals surface area contributed by atoms with Crippen LogP contribution in [0.1, 0.15) is 71.5 Å². The van der Waals surface area contributed by atoms with E-state index in [0.717, 1.165) is 16.8 Å². The molecule has 2 heterocycles. The Morgan fingerprint density at radius 2 is 1.90 bits per heavy atom. The number of aliphatic carboxylic acids is 1. The summed E-state index contributed by atoms with van der Waals surface area (Å²) in [6, 6.07) is 7.04. The predicted molar refractivity (Wildman–Crippen MR) is 158 cm³/mol. The Morgan fingerprint density at radius 1 is 1.20 bits per heavy atom. The van der Waals surface area contributed by atoms with E-state index in [0.29, 0.717) is 47.9 Å². The number of hydrogen-bond acceptors (Lipinski definition) is 7. The molecule has 0 spiro atoms. The van der Waals surface area contributed by atoms with Crippen molar-refractivity contribution in [2.24, 2.45) is 0 Å². The molecule has 216 valence electrons. The highest BCUT2D eigenvalue weighted by Crippen LogP contribution is 2.43. The van der Waals surface area contributed by atoms with Crippen molar-refractivity contribution >= 4 is 46.2 Å². The molecule has 4 rings (SSSR count). The summed E-state index contributed by atoms with van der Waals surface area (Å²) in [5.74, 6) is -0.151. The molecule has 10 nitrogen and oxygen atoms in total. The lowest BCUT2D eigenvalue weighted by atomic mass is 9.83. The Bertz CT molecular complexity index is 1350. The molecule has 2 aromatic rings. The molecule has 0 fully saturated rings. The zero-order chi connectivity index (χ0) is 28.6. The number of carboxylic acids is 1. The number of Topliss-reactive ketones (excluding diaryl/α,β-unsaturated/α-hetero) is 1. The minimum Gasteiger partial charge on any atom is -0.493 e. The topological polar surface area (TPSA) is 132 Å². The number of halogens is 1. The number of anilines is 1. The maximum absolute atomic E-state index is 13.6. The number of fused-ring (bicyclic) bond motifs is 2. The van der Waals surface area contributed by atoms with Crippen molar-refractivity contribution in [3.05, 3.63) is 52.1 Å². The lowest BCUT2D eigenvalue weighted by molar-refractivity contribution is -0.138. The molecule has 3 N–H and O–H groups in total. The van der Waals surface area contributed by atoms with Crippen LogP contribution in [-0.4, -0.2) is 73.4 Å². The summed E-state index contributed by atoms with van der Waals surface area (Å²) in [6.45, 7) is 9.03. The van der Waals surface area contributed by atoms with Gasteiger partial charge in [0.15, 0.2) is 5.78 Å². The first-order chi connectivity index (χ1) is 18.3. The maximum atomic E-state index is 13.6. The standard InChI is InChI=1S/C29H36N4O6.BrH/c1-7-38-24-10-17-13-33(27(30)19(17)12-20(24)28(37)31-5)15-23(34)16-8-21(29(2,3)4)26-22(9-16)32(6)14-18(39-26)11-25(35)36;/h8-10,12,18,30H,7,11,13-15H2,1-6H3,(H,31,37)(H,35,36);1H. The largest absolute Gasteiger partial charge is 0.493 e. The number of carboxylic acid groups (broad SMARTS) is 1. The van der Waals surface area contributed by atoms with E-state index >= 15 is 0 Å². The molecule has 1 amide bonds. The number of carbonyl (C=O) groups excluding carboxylic acids is 2. The van der Waals surface area contributed by atoms with Gasteiger partial charge in [0.25, 0.3) is 5.91 Å². The molecule has 0 bridgehead atoms. The van der Waals surface area contributed by atoms with Crippen molar-refractivity contribution in [3.63, 3.8) is 0 Å². The van der Waals surface area contributed by atoms with Crippen LogP contribution in [-0.2, 0) is 16.8 Å². The number of hydrogen-bond donors (Lipinski definition) is 3. The molecule has 0 radical (unpaired) electrons. The van der Waals surface area contributed by atoms with Gasteiger partial charge in [-0.1, -0.05) is 20.8 Å². The monoisotopic (exact) mass is 616 g/mol. The summed E-state index contributed by atoms with van der Waals surface area (Å²) >= 11 is 0. The van der Waals surface area contributed by atoms with Crippen LogP contribution in [0.4, 0.5) is 5.69 Å². The van der Waals surface area contributed by atoms with Crippen molar-refractivity contribution in [3.8, 4) is 11.5 Å². The zero-order valence-corrected chi connectivity index (χ0v) is 25.4. The molecule has 0 aromatic heterocycles. The van der Waals surface area contributed by atoms with E-state index in [9.17, 15) is 19.5 Å². The van der Waals surface area contributed by atoms with Crippen molar-refractivity contribution in [1.29, 1.82) is 5.41 Å². The van der Waals surface area contributed by atoms with Gasteiger partial charge in [0.2, 0.25) is 0 Å². The van der Waals surface area contributed by atoms with Crippen LogP contribution < -0.4 is 19.7 Å². The SMILES string of the molecule is Br.CCOc1cc2c(cc1C(=O)NC)C(=N)N(CC(=O)c1cc3c(c(C(C)(C)C)c1)OC(CC(=O)O)CN3C)C2. The highest BCUT2D eigenvalue weighted by atomic mass is 79.9. The van der Waals surface area contributed by atoms with Gasteiger partial charge in [-0.3, -0.25) is 19.8 Å². The Balaban J connectivity index is 0.00000441. The molecular formula is C29H37BrN4O6. The normalized spacial score (nSPS) is 15.9. The van der Waals surface area contributed by atoms with Gasteiger partial charge in [0.1, 0.15) is 23.4 Å². The summed E-state index contributed by atoms with van der Waals surface area (Å²) in [5.41, 5.74) is 3.46. The second-order valence-corrected chi connectivity index (χ2v) is 11.0. The number of ether oxygens (including phenoxy) is 2. The van der Waals surface area contributed by atoms with Crippen molar-refractivity contribution < 1.29 is 29.0 Å². The highest BCUT2D eigenvalue weighted by molar-refractivity contribution is 8.93. The summed E-state index contributed by atoms with van der Waals surface area (Å²) in [4.78, 5) is 41.0. The first-order valence-electron chi connectivity index (χ1n) is 13.0. The van der Waals surface area contributed by atoms with Crippen molar-refractivity contribution in [1.82, 2.24) is 10.2 Å². The Kier molecular flexibility index (Phi) is 9.18. The molecule has 0 saturated heterocycles. The summed E-state index contributed by atoms with van der Waals surface area (Å²) in [7, 11) is 3.41. The van der Waals surface area contributed by atoms with Crippen molar-refractivity contribution in [2.75, 3.05) is 38.7 Å². The molecule has 1 unspecified atom stereocenters. The number of amidine groups is 1. The molecule has 1 atom stereocenters. The second kappa shape index (κ2) is 11.9. The van der Waals surface area contributed by atoms with Crippen LogP contribution in [0.2, 0.25) is 0 Å². The van der Waals surface area contributed by atoms with Gasteiger partial charge in [-0.15, -0.1) is 17.0 Å². The van der Waals surface area contributed by atoms with Crippen LogP contribution >= 0.6 is 17.0 Å². The quantitative estimate of drug-likeness (QED) is 0.379. The van der Waals surface area contributed by atoms with Crippen LogP contribution in [0.25, 0.3) is 0 Å². The molecule has 0 aliphatic carbocycles. The van der Waals surface area contributed by atoms with Gasteiger partial charge in [0.05, 0.1) is 37.4 Å². The molecule has 2 aliphatic rings. The molecule has 11 heteroatoms. The van der Waals surface area contributed by atoms with E-state index in [4.69, 9.17) is 14.9 Å². The average Bonchev–Trinajstić information content (AvgIpc) is 3.15. The van der Waals surface area contributed by atoms with Gasteiger partial charge in [-0.05, 0) is 42.2 Å². The Labute approximate surface area is 244 Å².